The zero-order chi connectivity index (χ0) is 13.0. The first kappa shape index (κ1) is 13.9. The lowest BCUT2D eigenvalue weighted by molar-refractivity contribution is 0.368. The Morgan fingerprint density at radius 2 is 1.72 bits per heavy atom. The van der Waals surface area contributed by atoms with Crippen molar-refractivity contribution in [1.82, 2.24) is 0 Å². The molecule has 1 aliphatic rings. The molecule has 2 rings (SSSR count). The molecule has 1 unspecified atom stereocenters. The molecule has 18 heavy (non-hydrogen) atoms. The highest BCUT2D eigenvalue weighted by Crippen LogP contribution is 2.37. The van der Waals surface area contributed by atoms with E-state index in [0.29, 0.717) is 11.5 Å². The van der Waals surface area contributed by atoms with Gasteiger partial charge in [-0.15, -0.1) is 11.6 Å². The molecule has 0 saturated heterocycles. The van der Waals surface area contributed by atoms with Crippen LogP contribution >= 0.6 is 11.6 Å². The molecule has 1 aromatic carbocycles. The highest BCUT2D eigenvalue weighted by molar-refractivity contribution is 6.21. The van der Waals surface area contributed by atoms with E-state index in [4.69, 9.17) is 11.6 Å². The molecule has 100 valence electrons. The molecule has 1 atom stereocenters. The molecular formula is C16H22ClF. The summed E-state index contributed by atoms with van der Waals surface area (Å²) in [6.45, 7) is 1.81. The molecule has 1 saturated carbocycles. The Balaban J connectivity index is 2.08. The number of benzene rings is 1. The van der Waals surface area contributed by atoms with Gasteiger partial charge in [-0.25, -0.2) is 4.39 Å². The second-order valence-electron chi connectivity index (χ2n) is 5.52. The number of alkyl halides is 1. The van der Waals surface area contributed by atoms with Crippen molar-refractivity contribution in [1.29, 1.82) is 0 Å². The van der Waals surface area contributed by atoms with Crippen LogP contribution in [0.15, 0.2) is 18.2 Å². The molecule has 1 fully saturated rings. The van der Waals surface area contributed by atoms with Crippen LogP contribution in [-0.2, 0) is 0 Å². The molecule has 2 heteroatoms. The lowest BCUT2D eigenvalue weighted by Gasteiger charge is -2.25. The van der Waals surface area contributed by atoms with E-state index < -0.39 is 0 Å². The van der Waals surface area contributed by atoms with Crippen LogP contribution in [0.4, 0.5) is 4.39 Å². The van der Waals surface area contributed by atoms with Crippen molar-refractivity contribution < 1.29 is 4.39 Å². The molecule has 1 aliphatic carbocycles. The van der Waals surface area contributed by atoms with Crippen LogP contribution in [0, 0.1) is 18.7 Å². The molecule has 0 heterocycles. The van der Waals surface area contributed by atoms with Gasteiger partial charge in [0.2, 0.25) is 0 Å². The number of rotatable bonds is 2. The summed E-state index contributed by atoms with van der Waals surface area (Å²) in [7, 11) is 0. The van der Waals surface area contributed by atoms with E-state index in [-0.39, 0.29) is 11.2 Å². The van der Waals surface area contributed by atoms with E-state index in [0.717, 1.165) is 5.56 Å². The molecule has 0 amide bonds. The van der Waals surface area contributed by atoms with Gasteiger partial charge < -0.3 is 0 Å². The first-order chi connectivity index (χ1) is 8.68. The van der Waals surface area contributed by atoms with Gasteiger partial charge in [-0.05, 0) is 42.9 Å². The Kier molecular flexibility index (Phi) is 5.05. The Bertz CT molecular complexity index is 381. The SMILES string of the molecule is Cc1cc(C(Cl)C2CCCCCCC2)ccc1F. The Morgan fingerprint density at radius 1 is 1.11 bits per heavy atom. The van der Waals surface area contributed by atoms with Gasteiger partial charge in [-0.1, -0.05) is 44.2 Å². The zero-order valence-corrected chi connectivity index (χ0v) is 11.8. The van der Waals surface area contributed by atoms with Crippen LogP contribution in [-0.4, -0.2) is 0 Å². The van der Waals surface area contributed by atoms with Crippen molar-refractivity contribution >= 4 is 11.6 Å². The Morgan fingerprint density at radius 3 is 2.33 bits per heavy atom. The van der Waals surface area contributed by atoms with E-state index in [1.807, 2.05) is 12.1 Å². The summed E-state index contributed by atoms with van der Waals surface area (Å²) in [4.78, 5) is 0. The standard InChI is InChI=1S/C16H22ClF/c1-12-11-14(9-10-15(12)18)16(17)13-7-5-3-2-4-6-8-13/h9-11,13,16H,2-8H2,1H3. The van der Waals surface area contributed by atoms with Gasteiger partial charge in [-0.3, -0.25) is 0 Å². The summed E-state index contributed by atoms with van der Waals surface area (Å²) >= 11 is 6.61. The second-order valence-corrected chi connectivity index (χ2v) is 5.99. The van der Waals surface area contributed by atoms with E-state index in [1.54, 1.807) is 13.0 Å². The minimum absolute atomic E-state index is 0.0439. The van der Waals surface area contributed by atoms with Gasteiger partial charge in [0.15, 0.2) is 0 Å². The molecule has 0 aromatic heterocycles. The van der Waals surface area contributed by atoms with Crippen LogP contribution in [0.25, 0.3) is 0 Å². The second kappa shape index (κ2) is 6.56. The van der Waals surface area contributed by atoms with E-state index in [9.17, 15) is 4.39 Å². The zero-order valence-electron chi connectivity index (χ0n) is 11.1. The third-order valence-corrected chi connectivity index (χ3v) is 4.67. The third kappa shape index (κ3) is 3.47. The number of aryl methyl sites for hydroxylation is 1. The van der Waals surface area contributed by atoms with Crippen LogP contribution in [0.5, 0.6) is 0 Å². The summed E-state index contributed by atoms with van der Waals surface area (Å²) in [5.74, 6) is 0.414. The molecule has 1 aromatic rings. The van der Waals surface area contributed by atoms with E-state index in [1.165, 1.54) is 44.9 Å². The minimum atomic E-state index is -0.139. The van der Waals surface area contributed by atoms with E-state index in [2.05, 4.69) is 0 Å². The lowest BCUT2D eigenvalue weighted by Crippen LogP contribution is -2.10. The number of hydrogen-bond acceptors (Lipinski definition) is 0. The summed E-state index contributed by atoms with van der Waals surface area (Å²) < 4.78 is 13.3. The Labute approximate surface area is 115 Å². The molecule has 0 bridgehead atoms. The van der Waals surface area contributed by atoms with Gasteiger partial charge in [-0.2, -0.15) is 0 Å². The van der Waals surface area contributed by atoms with Crippen LogP contribution < -0.4 is 0 Å². The maximum atomic E-state index is 13.3. The summed E-state index contributed by atoms with van der Waals surface area (Å²) in [6.07, 6.45) is 9.04. The largest absolute Gasteiger partial charge is 0.207 e. The average molecular weight is 269 g/mol. The summed E-state index contributed by atoms with van der Waals surface area (Å²) in [6, 6.07) is 5.30. The van der Waals surface area contributed by atoms with Crippen LogP contribution in [0.3, 0.4) is 0 Å². The molecule has 0 spiro atoms. The maximum Gasteiger partial charge on any atom is 0.126 e. The summed E-state index contributed by atoms with van der Waals surface area (Å²) in [5.41, 5.74) is 1.78. The normalized spacial score (nSPS) is 20.2. The fourth-order valence-electron chi connectivity index (χ4n) is 2.89. The van der Waals surface area contributed by atoms with Crippen LogP contribution in [0.2, 0.25) is 0 Å². The van der Waals surface area contributed by atoms with Crippen LogP contribution in [0.1, 0.15) is 61.4 Å². The molecule has 0 radical (unpaired) electrons. The van der Waals surface area contributed by atoms with Crippen molar-refractivity contribution in [3.63, 3.8) is 0 Å². The van der Waals surface area contributed by atoms with Gasteiger partial charge >= 0.3 is 0 Å². The maximum absolute atomic E-state index is 13.3. The highest BCUT2D eigenvalue weighted by atomic mass is 35.5. The average Bonchev–Trinajstić information content (AvgIpc) is 2.31. The predicted molar refractivity (Wildman–Crippen MR) is 75.5 cm³/mol. The molecule has 0 nitrogen and oxygen atoms in total. The first-order valence-corrected chi connectivity index (χ1v) is 7.52. The number of hydrogen-bond donors (Lipinski definition) is 0. The van der Waals surface area contributed by atoms with Gasteiger partial charge in [0.1, 0.15) is 5.82 Å². The minimum Gasteiger partial charge on any atom is -0.207 e. The monoisotopic (exact) mass is 268 g/mol. The lowest BCUT2D eigenvalue weighted by atomic mass is 9.86. The topological polar surface area (TPSA) is 0 Å². The molecule has 0 aliphatic heterocycles. The van der Waals surface area contributed by atoms with Crippen molar-refractivity contribution in [2.45, 2.75) is 57.2 Å². The van der Waals surface area contributed by atoms with Crippen molar-refractivity contribution in [3.05, 3.63) is 35.1 Å². The predicted octanol–water partition coefficient (Wildman–Crippen LogP) is 5.77. The fraction of sp³-hybridized carbons (Fsp3) is 0.625. The third-order valence-electron chi connectivity index (χ3n) is 4.06. The van der Waals surface area contributed by atoms with Gasteiger partial charge in [0, 0.05) is 0 Å². The fourth-order valence-corrected chi connectivity index (χ4v) is 3.28. The van der Waals surface area contributed by atoms with Crippen molar-refractivity contribution in [2.75, 3.05) is 0 Å². The smallest absolute Gasteiger partial charge is 0.126 e. The van der Waals surface area contributed by atoms with Crippen molar-refractivity contribution in [2.24, 2.45) is 5.92 Å². The van der Waals surface area contributed by atoms with Crippen molar-refractivity contribution in [3.8, 4) is 0 Å². The number of halogens is 2. The quantitative estimate of drug-likeness (QED) is 0.597. The highest BCUT2D eigenvalue weighted by Gasteiger charge is 2.22. The molecular weight excluding hydrogens is 247 g/mol. The molecule has 0 N–H and O–H groups in total. The van der Waals surface area contributed by atoms with E-state index >= 15 is 0 Å². The Hall–Kier alpha value is -0.560. The summed E-state index contributed by atoms with van der Waals surface area (Å²) in [5, 5.41) is 0.0439. The van der Waals surface area contributed by atoms with Gasteiger partial charge in [0.05, 0.1) is 5.38 Å². The van der Waals surface area contributed by atoms with Gasteiger partial charge in [0.25, 0.3) is 0 Å². The first-order valence-electron chi connectivity index (χ1n) is 7.08.